The quantitative estimate of drug-likeness (QED) is 0.441. The molecule has 0 unspecified atom stereocenters. The highest BCUT2D eigenvalue weighted by Crippen LogP contribution is 2.17. The molecule has 2 rings (SSSR count). The molecular weight excluding hydrogens is 360 g/mol. The first kappa shape index (κ1) is 17.9. The van der Waals surface area contributed by atoms with Gasteiger partial charge in [-0.25, -0.2) is 0 Å². The molecule has 11 heteroatoms. The van der Waals surface area contributed by atoms with Crippen LogP contribution in [0.3, 0.4) is 0 Å². The average molecular weight is 372 g/mol. The molecule has 128 valence electrons. The van der Waals surface area contributed by atoms with E-state index in [0.717, 1.165) is 0 Å². The maximum atomic E-state index is 12.3. The van der Waals surface area contributed by atoms with Crippen molar-refractivity contribution in [3.63, 3.8) is 0 Å². The predicted octanol–water partition coefficient (Wildman–Crippen LogP) is 1.35. The lowest BCUT2D eigenvalue weighted by atomic mass is 10.0. The third-order valence-electron chi connectivity index (χ3n) is 2.79. The van der Waals surface area contributed by atoms with E-state index < -0.39 is 20.6 Å². The first-order valence-electron chi connectivity index (χ1n) is 6.29. The molecule has 0 saturated carbocycles. The van der Waals surface area contributed by atoms with Crippen molar-refractivity contribution in [1.29, 1.82) is 0 Å². The number of hydrogen-bond acceptors (Lipinski definition) is 5. The Balaban J connectivity index is 2.16. The number of hydrogen-bond donors (Lipinski definition) is 4. The standard InChI is InChI=1S/C13H12N2O7S2/c16-13(9-1-5-11(6-2-9)14-23(17,18)19)10-3-7-12(8-4-10)15-24(20,21)22/h1-8,14-15H,(H,17,18,19)(H,20,21,22). The molecule has 0 bridgehead atoms. The van der Waals surface area contributed by atoms with E-state index in [1.54, 1.807) is 0 Å². The largest absolute Gasteiger partial charge is 0.357 e. The number of nitrogens with one attached hydrogen (secondary N) is 2. The van der Waals surface area contributed by atoms with Gasteiger partial charge in [-0.05, 0) is 48.5 Å². The Hall–Kier alpha value is -2.47. The maximum Gasteiger partial charge on any atom is 0.357 e. The Bertz CT molecular complexity index is 871. The lowest BCUT2D eigenvalue weighted by Gasteiger charge is -2.06. The molecule has 9 nitrogen and oxygen atoms in total. The van der Waals surface area contributed by atoms with Crippen LogP contribution in [0.5, 0.6) is 0 Å². The lowest BCUT2D eigenvalue weighted by molar-refractivity contribution is 0.103. The average Bonchev–Trinajstić information content (AvgIpc) is 2.45. The minimum atomic E-state index is -4.39. The monoisotopic (exact) mass is 372 g/mol. The predicted molar refractivity (Wildman–Crippen MR) is 86.7 cm³/mol. The molecule has 0 aliphatic rings. The summed E-state index contributed by atoms with van der Waals surface area (Å²) in [5, 5.41) is 0. The fourth-order valence-electron chi connectivity index (χ4n) is 1.84. The fourth-order valence-corrected chi connectivity index (χ4v) is 2.71. The molecule has 0 aromatic heterocycles. The summed E-state index contributed by atoms with van der Waals surface area (Å²) in [5.74, 6) is -0.383. The van der Waals surface area contributed by atoms with E-state index in [1.165, 1.54) is 48.5 Å². The van der Waals surface area contributed by atoms with Crippen LogP contribution < -0.4 is 9.44 Å². The van der Waals surface area contributed by atoms with Gasteiger partial charge in [0.15, 0.2) is 5.78 Å². The van der Waals surface area contributed by atoms with E-state index >= 15 is 0 Å². The van der Waals surface area contributed by atoms with Crippen LogP contribution in [0.2, 0.25) is 0 Å². The topological polar surface area (TPSA) is 150 Å². The number of anilines is 2. The van der Waals surface area contributed by atoms with Gasteiger partial charge in [-0.2, -0.15) is 16.8 Å². The van der Waals surface area contributed by atoms with Gasteiger partial charge in [0.05, 0.1) is 11.4 Å². The van der Waals surface area contributed by atoms with E-state index in [1.807, 2.05) is 9.44 Å². The summed E-state index contributed by atoms with van der Waals surface area (Å²) in [6.45, 7) is 0. The normalized spacial score (nSPS) is 11.8. The molecule has 4 N–H and O–H groups in total. The van der Waals surface area contributed by atoms with Crippen LogP contribution in [-0.2, 0) is 20.6 Å². The van der Waals surface area contributed by atoms with Gasteiger partial charge in [0, 0.05) is 11.1 Å². The van der Waals surface area contributed by atoms with Gasteiger partial charge in [-0.15, -0.1) is 0 Å². The van der Waals surface area contributed by atoms with Gasteiger partial charge in [0.1, 0.15) is 0 Å². The van der Waals surface area contributed by atoms with Crippen molar-refractivity contribution in [2.24, 2.45) is 0 Å². The van der Waals surface area contributed by atoms with Gasteiger partial charge in [-0.1, -0.05) is 0 Å². The van der Waals surface area contributed by atoms with Crippen molar-refractivity contribution in [3.05, 3.63) is 59.7 Å². The Kier molecular flexibility index (Phi) is 4.89. The Morgan fingerprint density at radius 3 is 1.21 bits per heavy atom. The highest BCUT2D eigenvalue weighted by Gasteiger charge is 2.11. The van der Waals surface area contributed by atoms with Gasteiger partial charge in [-0.3, -0.25) is 23.3 Å². The van der Waals surface area contributed by atoms with Gasteiger partial charge in [0.25, 0.3) is 0 Å². The first-order chi connectivity index (χ1) is 11.0. The Morgan fingerprint density at radius 2 is 0.958 bits per heavy atom. The second kappa shape index (κ2) is 6.57. The highest BCUT2D eigenvalue weighted by atomic mass is 32.2. The van der Waals surface area contributed by atoms with Crippen LogP contribution in [-0.4, -0.2) is 31.7 Å². The molecule has 0 atom stereocenters. The Morgan fingerprint density at radius 1 is 0.667 bits per heavy atom. The van der Waals surface area contributed by atoms with E-state index in [9.17, 15) is 21.6 Å². The molecule has 0 heterocycles. The molecular formula is C13H12N2O7S2. The molecule has 2 aromatic rings. The SMILES string of the molecule is O=C(c1ccc(NS(=O)(=O)O)cc1)c1ccc(NS(=O)(=O)O)cc1. The molecule has 2 aromatic carbocycles. The molecule has 0 fully saturated rings. The van der Waals surface area contributed by atoms with Crippen LogP contribution in [0.1, 0.15) is 15.9 Å². The number of rotatable bonds is 6. The molecule has 0 spiro atoms. The smallest absolute Gasteiger partial charge is 0.289 e. The number of ketones is 1. The number of carbonyl (C=O) groups is 1. The highest BCUT2D eigenvalue weighted by molar-refractivity contribution is 7.87. The second-order valence-corrected chi connectivity index (χ2v) is 6.95. The van der Waals surface area contributed by atoms with Crippen molar-refractivity contribution in [2.75, 3.05) is 9.44 Å². The fraction of sp³-hybridized carbons (Fsp3) is 0. The van der Waals surface area contributed by atoms with Crippen LogP contribution in [0.25, 0.3) is 0 Å². The molecule has 0 saturated heterocycles. The summed E-state index contributed by atoms with van der Waals surface area (Å²) in [7, 11) is -8.79. The summed E-state index contributed by atoms with van der Waals surface area (Å²) >= 11 is 0. The summed E-state index contributed by atoms with van der Waals surface area (Å²) in [5.41, 5.74) is 0.682. The third-order valence-corrected chi connectivity index (χ3v) is 3.78. The zero-order chi connectivity index (χ0) is 18.0. The van der Waals surface area contributed by atoms with Crippen LogP contribution >= 0.6 is 0 Å². The van der Waals surface area contributed by atoms with Crippen molar-refractivity contribution >= 4 is 37.8 Å². The number of carbonyl (C=O) groups excluding carboxylic acids is 1. The van der Waals surface area contributed by atoms with Crippen LogP contribution in [0, 0.1) is 0 Å². The van der Waals surface area contributed by atoms with Gasteiger partial charge >= 0.3 is 20.6 Å². The first-order valence-corrected chi connectivity index (χ1v) is 9.17. The minimum Gasteiger partial charge on any atom is -0.289 e. The van der Waals surface area contributed by atoms with Gasteiger partial charge in [0.2, 0.25) is 0 Å². The molecule has 0 radical (unpaired) electrons. The van der Waals surface area contributed by atoms with E-state index in [4.69, 9.17) is 9.11 Å². The number of benzene rings is 2. The zero-order valence-corrected chi connectivity index (χ0v) is 13.5. The summed E-state index contributed by atoms with van der Waals surface area (Å²) < 4.78 is 63.7. The zero-order valence-electron chi connectivity index (χ0n) is 11.9. The molecule has 0 amide bonds. The molecule has 24 heavy (non-hydrogen) atoms. The summed E-state index contributed by atoms with van der Waals surface area (Å²) in [6.07, 6.45) is 0. The second-order valence-electron chi connectivity index (χ2n) is 4.64. The van der Waals surface area contributed by atoms with E-state index in [2.05, 4.69) is 0 Å². The van der Waals surface area contributed by atoms with E-state index in [0.29, 0.717) is 0 Å². The maximum absolute atomic E-state index is 12.3. The van der Waals surface area contributed by atoms with Crippen molar-refractivity contribution in [3.8, 4) is 0 Å². The summed E-state index contributed by atoms with van der Waals surface area (Å²) in [4.78, 5) is 12.3. The van der Waals surface area contributed by atoms with Crippen LogP contribution in [0.15, 0.2) is 48.5 Å². The Labute approximate surface area is 138 Å². The lowest BCUT2D eigenvalue weighted by Crippen LogP contribution is -2.11. The molecule has 0 aliphatic heterocycles. The van der Waals surface area contributed by atoms with Crippen molar-refractivity contribution in [2.45, 2.75) is 0 Å². The minimum absolute atomic E-state index is 0.0850. The van der Waals surface area contributed by atoms with Crippen molar-refractivity contribution in [1.82, 2.24) is 0 Å². The van der Waals surface area contributed by atoms with Crippen LogP contribution in [0.4, 0.5) is 11.4 Å². The third kappa shape index (κ3) is 5.31. The summed E-state index contributed by atoms with van der Waals surface area (Å²) in [6, 6.07) is 10.6. The van der Waals surface area contributed by atoms with Gasteiger partial charge < -0.3 is 0 Å². The molecule has 0 aliphatic carbocycles. The van der Waals surface area contributed by atoms with E-state index in [-0.39, 0.29) is 28.3 Å². The van der Waals surface area contributed by atoms with Crippen molar-refractivity contribution < 1.29 is 30.7 Å².